The third-order valence-corrected chi connectivity index (χ3v) is 4.48. The minimum Gasteiger partial charge on any atom is -0.448 e. The molecule has 1 saturated carbocycles. The van der Waals surface area contributed by atoms with E-state index >= 15 is 0 Å². The Balaban J connectivity index is 0.000001000. The van der Waals surface area contributed by atoms with Gasteiger partial charge in [0.2, 0.25) is 0 Å². The predicted molar refractivity (Wildman–Crippen MR) is 87.4 cm³/mol. The Morgan fingerprint density at radius 3 is 2.35 bits per heavy atom. The van der Waals surface area contributed by atoms with Crippen molar-refractivity contribution >= 4 is 36.4 Å². The first-order valence-electron chi connectivity index (χ1n) is 7.04. The zero-order chi connectivity index (χ0) is 12.4. The second kappa shape index (κ2) is 8.50. The Kier molecular flexibility index (Phi) is 7.70. The molecule has 0 bridgehead atoms. The quantitative estimate of drug-likeness (QED) is 0.903. The van der Waals surface area contributed by atoms with E-state index in [-0.39, 0.29) is 24.8 Å². The minimum absolute atomic E-state index is 0. The maximum Gasteiger partial charge on any atom is 0.193 e. The topological polar surface area (TPSA) is 28.4 Å². The van der Waals surface area contributed by atoms with Crippen molar-refractivity contribution in [2.45, 2.75) is 31.7 Å². The lowest BCUT2D eigenvalue weighted by Gasteiger charge is -2.37. The van der Waals surface area contributed by atoms with Crippen LogP contribution in [0.25, 0.3) is 0 Å². The standard InChI is InChI=1S/C14H21ClN2O.2ClH/c15-13-6-5-12(18-13)14(11-3-1-2-4-11)17-9-7-16-8-10-17;;/h5-6,11,14,16H,1-4,7-10H2;2*1H/t14-;;/m0../s1. The number of nitrogens with zero attached hydrogens (tertiary/aromatic N) is 1. The van der Waals surface area contributed by atoms with E-state index in [0.717, 1.165) is 37.9 Å². The summed E-state index contributed by atoms with van der Waals surface area (Å²) >= 11 is 5.95. The summed E-state index contributed by atoms with van der Waals surface area (Å²) in [6.07, 6.45) is 5.38. The molecule has 0 spiro atoms. The molecule has 1 atom stereocenters. The van der Waals surface area contributed by atoms with Gasteiger partial charge in [0, 0.05) is 26.2 Å². The first-order valence-corrected chi connectivity index (χ1v) is 7.42. The molecule has 2 fully saturated rings. The molecule has 2 aliphatic rings. The summed E-state index contributed by atoms with van der Waals surface area (Å²) in [6.45, 7) is 4.38. The number of hydrogen-bond acceptors (Lipinski definition) is 3. The van der Waals surface area contributed by atoms with Crippen LogP contribution in [0, 0.1) is 5.92 Å². The van der Waals surface area contributed by atoms with Gasteiger partial charge in [0.25, 0.3) is 0 Å². The third kappa shape index (κ3) is 4.05. The van der Waals surface area contributed by atoms with Gasteiger partial charge >= 0.3 is 0 Å². The molecule has 116 valence electrons. The molecule has 0 unspecified atom stereocenters. The zero-order valence-corrected chi connectivity index (χ0v) is 13.9. The summed E-state index contributed by atoms with van der Waals surface area (Å²) in [4.78, 5) is 2.57. The molecular weight excluding hydrogens is 319 g/mol. The minimum atomic E-state index is 0. The van der Waals surface area contributed by atoms with E-state index in [4.69, 9.17) is 16.0 Å². The van der Waals surface area contributed by atoms with Gasteiger partial charge in [-0.1, -0.05) is 12.8 Å². The first-order chi connectivity index (χ1) is 8.84. The van der Waals surface area contributed by atoms with Gasteiger partial charge in [-0.2, -0.15) is 0 Å². The van der Waals surface area contributed by atoms with Crippen LogP contribution in [0.5, 0.6) is 0 Å². The lowest BCUT2D eigenvalue weighted by molar-refractivity contribution is 0.108. The number of halogens is 3. The summed E-state index contributed by atoms with van der Waals surface area (Å²) < 4.78 is 5.71. The molecule has 0 radical (unpaired) electrons. The SMILES string of the molecule is Cl.Cl.Clc1ccc([C@H](C2CCCC2)N2CCNCC2)o1. The number of nitrogens with one attached hydrogen (secondary N) is 1. The van der Waals surface area contributed by atoms with Crippen LogP contribution in [0.4, 0.5) is 0 Å². The third-order valence-electron chi connectivity index (χ3n) is 4.28. The molecule has 20 heavy (non-hydrogen) atoms. The van der Waals surface area contributed by atoms with E-state index in [9.17, 15) is 0 Å². The normalized spacial score (nSPS) is 22.1. The van der Waals surface area contributed by atoms with Gasteiger partial charge in [-0.3, -0.25) is 4.90 Å². The van der Waals surface area contributed by atoms with Crippen LogP contribution in [-0.2, 0) is 0 Å². The first kappa shape index (κ1) is 18.1. The summed E-state index contributed by atoms with van der Waals surface area (Å²) in [5.41, 5.74) is 0. The van der Waals surface area contributed by atoms with Gasteiger partial charge in [-0.15, -0.1) is 24.8 Å². The number of rotatable bonds is 3. The molecule has 1 aliphatic heterocycles. The highest BCUT2D eigenvalue weighted by molar-refractivity contribution is 6.28. The van der Waals surface area contributed by atoms with Crippen LogP contribution in [0.1, 0.15) is 37.5 Å². The van der Waals surface area contributed by atoms with E-state index in [2.05, 4.69) is 16.3 Å². The van der Waals surface area contributed by atoms with Gasteiger partial charge in [0.05, 0.1) is 6.04 Å². The molecule has 1 aromatic heterocycles. The highest BCUT2D eigenvalue weighted by atomic mass is 35.5. The van der Waals surface area contributed by atoms with Crippen LogP contribution in [0.2, 0.25) is 5.22 Å². The molecule has 1 aliphatic carbocycles. The van der Waals surface area contributed by atoms with Crippen molar-refractivity contribution in [2.24, 2.45) is 5.92 Å². The Morgan fingerprint density at radius 1 is 1.15 bits per heavy atom. The second-order valence-corrected chi connectivity index (χ2v) is 5.79. The van der Waals surface area contributed by atoms with E-state index in [1.54, 1.807) is 0 Å². The molecule has 1 saturated heterocycles. The van der Waals surface area contributed by atoms with E-state index < -0.39 is 0 Å². The van der Waals surface area contributed by atoms with Crippen molar-refractivity contribution in [1.82, 2.24) is 10.2 Å². The molecule has 3 rings (SSSR count). The van der Waals surface area contributed by atoms with Crippen molar-refractivity contribution in [3.63, 3.8) is 0 Å². The summed E-state index contributed by atoms with van der Waals surface area (Å²) in [5, 5.41) is 3.94. The maximum absolute atomic E-state index is 5.95. The molecule has 0 amide bonds. The predicted octanol–water partition coefficient (Wildman–Crippen LogP) is 3.91. The lowest BCUT2D eigenvalue weighted by Crippen LogP contribution is -2.46. The number of hydrogen-bond donors (Lipinski definition) is 1. The molecule has 3 nitrogen and oxygen atoms in total. The van der Waals surface area contributed by atoms with Crippen LogP contribution < -0.4 is 5.32 Å². The average molecular weight is 342 g/mol. The molecular formula is C14H23Cl3N2O. The van der Waals surface area contributed by atoms with Gasteiger partial charge < -0.3 is 9.73 Å². The molecule has 1 aromatic rings. The van der Waals surface area contributed by atoms with Gasteiger partial charge in [0.1, 0.15) is 5.76 Å². The monoisotopic (exact) mass is 340 g/mol. The van der Waals surface area contributed by atoms with E-state index in [0.29, 0.717) is 11.3 Å². The van der Waals surface area contributed by atoms with Crippen molar-refractivity contribution in [3.05, 3.63) is 23.1 Å². The summed E-state index contributed by atoms with van der Waals surface area (Å²) in [5.74, 6) is 1.80. The highest BCUT2D eigenvalue weighted by Crippen LogP contribution is 2.40. The average Bonchev–Trinajstić information content (AvgIpc) is 3.04. The van der Waals surface area contributed by atoms with E-state index in [1.165, 1.54) is 25.7 Å². The van der Waals surface area contributed by atoms with Gasteiger partial charge in [-0.25, -0.2) is 0 Å². The number of piperazine rings is 1. The summed E-state index contributed by atoms with van der Waals surface area (Å²) in [6, 6.07) is 4.37. The van der Waals surface area contributed by atoms with Crippen LogP contribution in [0.3, 0.4) is 0 Å². The van der Waals surface area contributed by atoms with Crippen LogP contribution >= 0.6 is 36.4 Å². The lowest BCUT2D eigenvalue weighted by atomic mass is 9.94. The molecule has 2 heterocycles. The highest BCUT2D eigenvalue weighted by Gasteiger charge is 2.33. The maximum atomic E-state index is 5.95. The van der Waals surface area contributed by atoms with Crippen molar-refractivity contribution in [1.29, 1.82) is 0 Å². The fraction of sp³-hybridized carbons (Fsp3) is 0.714. The number of furan rings is 1. The summed E-state index contributed by atoms with van der Waals surface area (Å²) in [7, 11) is 0. The van der Waals surface area contributed by atoms with Crippen molar-refractivity contribution < 1.29 is 4.42 Å². The fourth-order valence-corrected chi connectivity index (χ4v) is 3.58. The zero-order valence-electron chi connectivity index (χ0n) is 11.5. The van der Waals surface area contributed by atoms with Crippen LogP contribution in [-0.4, -0.2) is 31.1 Å². The largest absolute Gasteiger partial charge is 0.448 e. The van der Waals surface area contributed by atoms with Gasteiger partial charge in [0.15, 0.2) is 5.22 Å². The molecule has 1 N–H and O–H groups in total. The van der Waals surface area contributed by atoms with Gasteiger partial charge in [-0.05, 0) is 42.5 Å². The fourth-order valence-electron chi connectivity index (χ4n) is 3.43. The Hall–Kier alpha value is 0.0700. The van der Waals surface area contributed by atoms with Crippen LogP contribution in [0.15, 0.2) is 16.5 Å². The Morgan fingerprint density at radius 2 is 1.80 bits per heavy atom. The van der Waals surface area contributed by atoms with Crippen molar-refractivity contribution in [2.75, 3.05) is 26.2 Å². The molecule has 6 heteroatoms. The Bertz CT molecular complexity index is 388. The Labute approximate surface area is 138 Å². The van der Waals surface area contributed by atoms with Crippen molar-refractivity contribution in [3.8, 4) is 0 Å². The molecule has 0 aromatic carbocycles. The smallest absolute Gasteiger partial charge is 0.193 e. The second-order valence-electron chi connectivity index (χ2n) is 5.42. The van der Waals surface area contributed by atoms with E-state index in [1.807, 2.05) is 6.07 Å².